The first-order valence-corrected chi connectivity index (χ1v) is 10.8. The summed E-state index contributed by atoms with van der Waals surface area (Å²) in [6.07, 6.45) is 3.38. The van der Waals surface area contributed by atoms with E-state index in [1.165, 1.54) is 12.1 Å². The van der Waals surface area contributed by atoms with E-state index in [1.807, 2.05) is 12.1 Å². The van der Waals surface area contributed by atoms with E-state index < -0.39 is 6.10 Å². The van der Waals surface area contributed by atoms with E-state index in [1.54, 1.807) is 7.11 Å². The van der Waals surface area contributed by atoms with Crippen LogP contribution in [-0.2, 0) is 4.74 Å². The van der Waals surface area contributed by atoms with E-state index in [4.69, 9.17) is 9.47 Å². The van der Waals surface area contributed by atoms with Gasteiger partial charge in [0.1, 0.15) is 5.75 Å². The van der Waals surface area contributed by atoms with Crippen LogP contribution in [0.2, 0.25) is 0 Å². The molecule has 158 valence electrons. The molecule has 1 heterocycles. The lowest BCUT2D eigenvalue weighted by molar-refractivity contribution is -0.0615. The Kier molecular flexibility index (Phi) is 7.24. The number of aliphatic hydroxyl groups is 1. The normalized spacial score (nSPS) is 26.8. The molecule has 1 aliphatic carbocycles. The summed E-state index contributed by atoms with van der Waals surface area (Å²) < 4.78 is 11.3. The van der Waals surface area contributed by atoms with Crippen molar-refractivity contribution in [3.05, 3.63) is 24.3 Å². The second-order valence-electron chi connectivity index (χ2n) is 9.51. The zero-order valence-corrected chi connectivity index (χ0v) is 18.1. The number of rotatable bonds is 7. The van der Waals surface area contributed by atoms with E-state index in [2.05, 4.69) is 42.7 Å². The summed E-state index contributed by atoms with van der Waals surface area (Å²) >= 11 is 0. The number of benzene rings is 1. The Morgan fingerprint density at radius 2 is 1.79 bits per heavy atom. The largest absolute Gasteiger partial charge is 0.497 e. The summed E-state index contributed by atoms with van der Waals surface area (Å²) in [5.41, 5.74) is 1.59. The monoisotopic (exact) mass is 390 g/mol. The minimum atomic E-state index is -0.409. The molecule has 3 rings (SSSR count). The van der Waals surface area contributed by atoms with Gasteiger partial charge in [-0.3, -0.25) is 4.90 Å². The third kappa shape index (κ3) is 6.10. The molecule has 1 aliphatic heterocycles. The van der Waals surface area contributed by atoms with Crippen molar-refractivity contribution in [2.75, 3.05) is 51.3 Å². The quantitative estimate of drug-likeness (QED) is 0.773. The van der Waals surface area contributed by atoms with Crippen molar-refractivity contribution in [1.29, 1.82) is 0 Å². The van der Waals surface area contributed by atoms with Gasteiger partial charge in [-0.2, -0.15) is 0 Å². The van der Waals surface area contributed by atoms with Crippen LogP contribution in [0.3, 0.4) is 0 Å². The van der Waals surface area contributed by atoms with Crippen molar-refractivity contribution < 1.29 is 14.6 Å². The zero-order chi connectivity index (χ0) is 20.1. The molecule has 0 amide bonds. The Morgan fingerprint density at radius 1 is 1.11 bits per heavy atom. The second kappa shape index (κ2) is 9.47. The standard InChI is InChI=1S/C23H38N2O3/c1-18-13-22(15-23(2,3)14-18)28-17-20(26)16-24-9-11-25(12-10-24)19-5-7-21(27-4)8-6-19/h5-8,18,20,22,26H,9-17H2,1-4H3/t18-,20-,22-/m1/s1. The van der Waals surface area contributed by atoms with Crippen molar-refractivity contribution in [2.45, 2.75) is 52.2 Å². The lowest BCUT2D eigenvalue weighted by Crippen LogP contribution is -2.49. The molecule has 0 unspecified atom stereocenters. The van der Waals surface area contributed by atoms with Gasteiger partial charge in [-0.05, 0) is 54.9 Å². The summed E-state index contributed by atoms with van der Waals surface area (Å²) in [6.45, 7) is 12.0. The number of hydrogen-bond acceptors (Lipinski definition) is 5. The smallest absolute Gasteiger partial charge is 0.119 e. The van der Waals surface area contributed by atoms with Gasteiger partial charge in [0.05, 0.1) is 25.9 Å². The van der Waals surface area contributed by atoms with E-state index in [0.717, 1.165) is 44.8 Å². The number of hydrogen-bond donors (Lipinski definition) is 1. The summed E-state index contributed by atoms with van der Waals surface area (Å²) in [7, 11) is 1.69. The third-order valence-corrected chi connectivity index (χ3v) is 6.15. The van der Waals surface area contributed by atoms with Crippen molar-refractivity contribution >= 4 is 5.69 Å². The van der Waals surface area contributed by atoms with Crippen LogP contribution in [0, 0.1) is 11.3 Å². The fourth-order valence-corrected chi connectivity index (χ4v) is 4.96. The summed E-state index contributed by atoms with van der Waals surface area (Å²) in [5, 5.41) is 10.5. The molecule has 0 radical (unpaired) electrons. The molecule has 28 heavy (non-hydrogen) atoms. The number of methoxy groups -OCH3 is 1. The van der Waals surface area contributed by atoms with Crippen LogP contribution < -0.4 is 9.64 Å². The molecule has 0 spiro atoms. The average Bonchev–Trinajstić information content (AvgIpc) is 2.66. The first-order valence-electron chi connectivity index (χ1n) is 10.8. The van der Waals surface area contributed by atoms with E-state index in [-0.39, 0.29) is 0 Å². The number of aliphatic hydroxyl groups excluding tert-OH is 1. The minimum absolute atomic E-state index is 0.292. The van der Waals surface area contributed by atoms with Crippen LogP contribution in [-0.4, -0.2) is 68.7 Å². The van der Waals surface area contributed by atoms with Crippen molar-refractivity contribution in [3.8, 4) is 5.75 Å². The number of ether oxygens (including phenoxy) is 2. The van der Waals surface area contributed by atoms with Gasteiger partial charge in [0.15, 0.2) is 0 Å². The molecule has 1 aromatic rings. The highest BCUT2D eigenvalue weighted by Gasteiger charge is 2.32. The van der Waals surface area contributed by atoms with Gasteiger partial charge in [-0.1, -0.05) is 20.8 Å². The first kappa shape index (κ1) is 21.4. The highest BCUT2D eigenvalue weighted by molar-refractivity contribution is 5.49. The molecule has 1 N–H and O–H groups in total. The molecular weight excluding hydrogens is 352 g/mol. The second-order valence-corrected chi connectivity index (χ2v) is 9.51. The summed E-state index contributed by atoms with van der Waals surface area (Å²) in [5.74, 6) is 1.60. The maximum Gasteiger partial charge on any atom is 0.119 e. The van der Waals surface area contributed by atoms with E-state index >= 15 is 0 Å². The lowest BCUT2D eigenvalue weighted by atomic mass is 9.71. The average molecular weight is 391 g/mol. The topological polar surface area (TPSA) is 45.2 Å². The van der Waals surface area contributed by atoms with Gasteiger partial charge in [0.2, 0.25) is 0 Å². The first-order chi connectivity index (χ1) is 13.3. The van der Waals surface area contributed by atoms with Crippen LogP contribution in [0.25, 0.3) is 0 Å². The molecule has 1 aromatic carbocycles. The molecule has 5 nitrogen and oxygen atoms in total. The highest BCUT2D eigenvalue weighted by Crippen LogP contribution is 2.39. The molecule has 2 aliphatic rings. The molecule has 3 atom stereocenters. The molecule has 0 bridgehead atoms. The van der Waals surface area contributed by atoms with Crippen LogP contribution in [0.15, 0.2) is 24.3 Å². The minimum Gasteiger partial charge on any atom is -0.497 e. The predicted molar refractivity (Wildman–Crippen MR) is 114 cm³/mol. The van der Waals surface area contributed by atoms with Gasteiger partial charge in [0.25, 0.3) is 0 Å². The number of β-amino-alcohol motifs (C(OH)–C–C–N with tert-alkyl or cyclic N) is 1. The summed E-state index contributed by atoms with van der Waals surface area (Å²) in [4.78, 5) is 4.74. The fourth-order valence-electron chi connectivity index (χ4n) is 4.96. The van der Waals surface area contributed by atoms with Crippen LogP contribution in [0.5, 0.6) is 5.75 Å². The van der Waals surface area contributed by atoms with Crippen LogP contribution >= 0.6 is 0 Å². The lowest BCUT2D eigenvalue weighted by Gasteiger charge is -2.39. The van der Waals surface area contributed by atoms with Gasteiger partial charge in [-0.25, -0.2) is 0 Å². The Labute approximate surface area is 170 Å². The SMILES string of the molecule is COc1ccc(N2CCN(C[C@@H](O)CO[C@@H]3C[C@@H](C)CC(C)(C)C3)CC2)cc1. The van der Waals surface area contributed by atoms with E-state index in [0.29, 0.717) is 30.6 Å². The fraction of sp³-hybridized carbons (Fsp3) is 0.739. The maximum atomic E-state index is 10.5. The number of nitrogens with zero attached hydrogens (tertiary/aromatic N) is 2. The van der Waals surface area contributed by atoms with E-state index in [9.17, 15) is 5.11 Å². The number of anilines is 1. The maximum absolute atomic E-state index is 10.5. The highest BCUT2D eigenvalue weighted by atomic mass is 16.5. The predicted octanol–water partition coefficient (Wildman–Crippen LogP) is 3.41. The van der Waals surface area contributed by atoms with Crippen molar-refractivity contribution in [2.24, 2.45) is 11.3 Å². The Balaban J connectivity index is 1.38. The summed E-state index contributed by atoms with van der Waals surface area (Å²) in [6, 6.07) is 8.25. The number of piperazine rings is 1. The van der Waals surface area contributed by atoms with Crippen molar-refractivity contribution in [1.82, 2.24) is 4.90 Å². The van der Waals surface area contributed by atoms with Gasteiger partial charge < -0.3 is 19.5 Å². The molecule has 5 heteroatoms. The third-order valence-electron chi connectivity index (χ3n) is 6.15. The van der Waals surface area contributed by atoms with Gasteiger partial charge in [-0.15, -0.1) is 0 Å². The molecule has 1 saturated carbocycles. The van der Waals surface area contributed by atoms with Gasteiger partial charge in [0, 0.05) is 38.4 Å². The molecule has 0 aromatic heterocycles. The van der Waals surface area contributed by atoms with Crippen molar-refractivity contribution in [3.63, 3.8) is 0 Å². The Morgan fingerprint density at radius 3 is 2.39 bits per heavy atom. The van der Waals surface area contributed by atoms with Crippen LogP contribution in [0.1, 0.15) is 40.0 Å². The zero-order valence-electron chi connectivity index (χ0n) is 18.1. The van der Waals surface area contributed by atoms with Crippen LogP contribution in [0.4, 0.5) is 5.69 Å². The Bertz CT molecular complexity index is 596. The molecule has 1 saturated heterocycles. The molecule has 2 fully saturated rings. The van der Waals surface area contributed by atoms with Gasteiger partial charge >= 0.3 is 0 Å². The molecular formula is C23H38N2O3. The Hall–Kier alpha value is -1.30.